The van der Waals surface area contributed by atoms with E-state index in [9.17, 15) is 0 Å². The molecule has 2 aromatic carbocycles. The predicted molar refractivity (Wildman–Crippen MR) is 142 cm³/mol. The van der Waals surface area contributed by atoms with E-state index >= 15 is 0 Å². The van der Waals surface area contributed by atoms with Crippen LogP contribution in [0, 0.1) is 0 Å². The summed E-state index contributed by atoms with van der Waals surface area (Å²) in [5.74, 6) is 0.902. The van der Waals surface area contributed by atoms with Gasteiger partial charge in [-0.2, -0.15) is 0 Å². The molecule has 3 rings (SSSR count). The van der Waals surface area contributed by atoms with Gasteiger partial charge in [-0.15, -0.1) is 0 Å². The first-order chi connectivity index (χ1) is 15.6. The number of benzene rings is 2. The molecule has 6 heteroatoms. The Bertz CT molecular complexity index is 999. The van der Waals surface area contributed by atoms with E-state index in [4.69, 9.17) is 9.72 Å². The van der Waals surface area contributed by atoms with Crippen LogP contribution in [0.15, 0.2) is 30.3 Å². The van der Waals surface area contributed by atoms with Crippen LogP contribution in [0.25, 0.3) is 19.6 Å². The van der Waals surface area contributed by atoms with Crippen molar-refractivity contribution in [2.75, 3.05) is 43.1 Å². The van der Waals surface area contributed by atoms with Crippen molar-refractivity contribution in [3.8, 4) is 5.75 Å². The maximum atomic E-state index is 5.81. The standard InChI is InChI=1S/C27H40N3OSe.HI/c1-6-10-16-30(17-11-7-2)21-12-13-23-25(19-21)32-26-20-22(29(14-8-3)15-9-4)18-24(31-5)27(26)28-23;/h12-13,18-20H,6-11,14-17H2,1-5H3;1H/q+1;/p-1. The minimum atomic E-state index is 0. The number of hydrogen-bond donors (Lipinski definition) is 0. The summed E-state index contributed by atoms with van der Waals surface area (Å²) < 4.78 is 8.53. The largest absolute Gasteiger partial charge is 1.00 e. The number of rotatable bonds is 13. The number of fused-ring (bicyclic) bond motifs is 2. The Morgan fingerprint density at radius 2 is 1.36 bits per heavy atom. The average Bonchev–Trinajstić information content (AvgIpc) is 2.81. The van der Waals surface area contributed by atoms with E-state index in [0.717, 1.165) is 55.8 Å². The average molecular weight is 629 g/mol. The van der Waals surface area contributed by atoms with Gasteiger partial charge in [-0.05, 0) is 0 Å². The van der Waals surface area contributed by atoms with Crippen molar-refractivity contribution in [1.82, 2.24) is 4.98 Å². The van der Waals surface area contributed by atoms with Gasteiger partial charge in [0.15, 0.2) is 0 Å². The van der Waals surface area contributed by atoms with Crippen molar-refractivity contribution in [3.63, 3.8) is 0 Å². The monoisotopic (exact) mass is 629 g/mol. The second-order valence-electron chi connectivity index (χ2n) is 8.54. The van der Waals surface area contributed by atoms with Gasteiger partial charge in [-0.1, -0.05) is 0 Å². The van der Waals surface area contributed by atoms with Crippen LogP contribution >= 0.6 is 0 Å². The molecule has 0 fully saturated rings. The van der Waals surface area contributed by atoms with Crippen molar-refractivity contribution >= 4 is 45.4 Å². The number of hydrogen-bond acceptors (Lipinski definition) is 4. The van der Waals surface area contributed by atoms with Gasteiger partial charge in [-0.3, -0.25) is 0 Å². The van der Waals surface area contributed by atoms with Crippen LogP contribution in [-0.2, 0) is 0 Å². The van der Waals surface area contributed by atoms with Crippen LogP contribution in [0.5, 0.6) is 5.75 Å². The van der Waals surface area contributed by atoms with Crippen LogP contribution in [0.3, 0.4) is 0 Å². The van der Waals surface area contributed by atoms with E-state index in [0.29, 0.717) is 0 Å². The molecule has 0 amide bonds. The molecule has 1 aromatic heterocycles. The molecule has 1 heterocycles. The normalized spacial score (nSPS) is 10.9. The fourth-order valence-corrected chi connectivity index (χ4v) is 6.40. The van der Waals surface area contributed by atoms with Gasteiger partial charge in [0, 0.05) is 0 Å². The Hall–Kier alpha value is -1.11. The van der Waals surface area contributed by atoms with Crippen LogP contribution in [0.1, 0.15) is 66.2 Å². The first-order valence-corrected chi connectivity index (χ1v) is 14.1. The van der Waals surface area contributed by atoms with Crippen molar-refractivity contribution in [2.45, 2.75) is 66.2 Å². The molecule has 0 aliphatic heterocycles. The molecule has 3 aromatic rings. The Balaban J connectivity index is 0.00000385. The van der Waals surface area contributed by atoms with E-state index in [1.807, 2.05) is 0 Å². The summed E-state index contributed by atoms with van der Waals surface area (Å²) in [6.45, 7) is 13.5. The predicted octanol–water partition coefficient (Wildman–Crippen LogP) is 3.77. The minimum Gasteiger partial charge on any atom is -1.00 e. The van der Waals surface area contributed by atoms with Gasteiger partial charge in [0.1, 0.15) is 0 Å². The van der Waals surface area contributed by atoms with E-state index in [2.05, 4.69) is 67.8 Å². The van der Waals surface area contributed by atoms with E-state index in [-0.39, 0.29) is 38.5 Å². The summed E-state index contributed by atoms with van der Waals surface area (Å²) in [4.78, 5) is 10.1. The molecule has 0 aliphatic rings. The van der Waals surface area contributed by atoms with Gasteiger partial charge in [0.2, 0.25) is 0 Å². The number of methoxy groups -OCH3 is 1. The molecular weight excluding hydrogens is 588 g/mol. The Kier molecular flexibility index (Phi) is 12.2. The molecule has 0 saturated heterocycles. The fraction of sp³-hybridized carbons (Fsp3) is 0.556. The van der Waals surface area contributed by atoms with Crippen molar-refractivity contribution in [1.29, 1.82) is 0 Å². The second-order valence-corrected chi connectivity index (χ2v) is 10.8. The molecule has 0 radical (unpaired) electrons. The molecule has 0 saturated carbocycles. The Morgan fingerprint density at radius 3 is 1.94 bits per heavy atom. The summed E-state index contributed by atoms with van der Waals surface area (Å²) in [6.07, 6.45) is 7.23. The number of halogens is 1. The third kappa shape index (κ3) is 7.19. The number of unbranched alkanes of at least 4 members (excludes halogenated alkanes) is 2. The maximum absolute atomic E-state index is 5.81. The Morgan fingerprint density at radius 1 is 0.758 bits per heavy atom. The summed E-state index contributed by atoms with van der Waals surface area (Å²) in [5.41, 5.74) is 4.76. The second kappa shape index (κ2) is 14.3. The molecule has 0 aliphatic carbocycles. The topological polar surface area (TPSA) is 28.6 Å². The van der Waals surface area contributed by atoms with E-state index in [1.54, 1.807) is 7.11 Å². The first-order valence-electron chi connectivity index (χ1n) is 12.4. The van der Waals surface area contributed by atoms with E-state index < -0.39 is 0 Å². The fourth-order valence-electron chi connectivity index (χ4n) is 4.18. The van der Waals surface area contributed by atoms with Crippen molar-refractivity contribution in [3.05, 3.63) is 30.3 Å². The molecular formula is C27H40IN3OSe. The van der Waals surface area contributed by atoms with Crippen molar-refractivity contribution < 1.29 is 28.7 Å². The van der Waals surface area contributed by atoms with Gasteiger partial charge in [0.25, 0.3) is 0 Å². The maximum Gasteiger partial charge on any atom is -1.00 e. The van der Waals surface area contributed by atoms with Crippen LogP contribution in [0.4, 0.5) is 11.4 Å². The van der Waals surface area contributed by atoms with Crippen molar-refractivity contribution in [2.24, 2.45) is 0 Å². The number of anilines is 2. The summed E-state index contributed by atoms with van der Waals surface area (Å²) in [5, 5.41) is 0. The zero-order valence-electron chi connectivity index (χ0n) is 21.0. The SMILES string of the molecule is CCCCN(CCCC)c1ccc2nc3c(OC)cc(N(CCC)CCC)cc3[se+]c2c1.[I-]. The molecule has 4 nitrogen and oxygen atoms in total. The third-order valence-electron chi connectivity index (χ3n) is 5.92. The van der Waals surface area contributed by atoms with Crippen LogP contribution < -0.4 is 38.5 Å². The molecule has 33 heavy (non-hydrogen) atoms. The zero-order valence-corrected chi connectivity index (χ0v) is 24.9. The number of ether oxygens (including phenoxy) is 1. The number of nitrogens with zero attached hydrogens (tertiary/aromatic N) is 3. The molecule has 0 unspecified atom stereocenters. The molecule has 0 atom stereocenters. The van der Waals surface area contributed by atoms with Gasteiger partial charge in [-0.25, -0.2) is 0 Å². The summed E-state index contributed by atoms with van der Waals surface area (Å²) in [6, 6.07) is 11.4. The van der Waals surface area contributed by atoms with Gasteiger partial charge in [0.05, 0.1) is 0 Å². The molecule has 0 N–H and O–H groups in total. The van der Waals surface area contributed by atoms with Gasteiger partial charge < -0.3 is 24.0 Å². The summed E-state index contributed by atoms with van der Waals surface area (Å²) >= 11 is 0.219. The Labute approximate surface area is 223 Å². The zero-order chi connectivity index (χ0) is 22.9. The quantitative estimate of drug-likeness (QED) is 0.164. The third-order valence-corrected chi connectivity index (χ3v) is 8.18. The van der Waals surface area contributed by atoms with Crippen LogP contribution in [0.2, 0.25) is 0 Å². The molecule has 0 bridgehead atoms. The van der Waals surface area contributed by atoms with Gasteiger partial charge >= 0.3 is 201 Å². The number of aromatic nitrogens is 1. The van der Waals surface area contributed by atoms with E-state index in [1.165, 1.54) is 45.6 Å². The smallest absolute Gasteiger partial charge is 1.00 e. The first kappa shape index (κ1) is 28.1. The summed E-state index contributed by atoms with van der Waals surface area (Å²) in [7, 11) is 1.77. The molecule has 182 valence electrons. The molecule has 0 spiro atoms. The van der Waals surface area contributed by atoms with Crippen LogP contribution in [-0.4, -0.2) is 52.8 Å². The minimum absolute atomic E-state index is 0.